The van der Waals surface area contributed by atoms with Crippen molar-refractivity contribution in [2.24, 2.45) is 0 Å². The molecule has 1 unspecified atom stereocenters. The van der Waals surface area contributed by atoms with Crippen LogP contribution in [-0.4, -0.2) is 29.3 Å². The zero-order valence-corrected chi connectivity index (χ0v) is 22.5. The molecule has 0 aliphatic rings. The van der Waals surface area contributed by atoms with Gasteiger partial charge in [0.05, 0.1) is 6.42 Å². The molecule has 1 N–H and O–H groups in total. The van der Waals surface area contributed by atoms with Crippen LogP contribution >= 0.6 is 15.9 Å². The van der Waals surface area contributed by atoms with Gasteiger partial charge < -0.3 is 10.2 Å². The van der Waals surface area contributed by atoms with E-state index in [0.29, 0.717) is 19.5 Å². The van der Waals surface area contributed by atoms with Gasteiger partial charge in [0.25, 0.3) is 0 Å². The van der Waals surface area contributed by atoms with Gasteiger partial charge in [-0.15, -0.1) is 0 Å². The van der Waals surface area contributed by atoms with Gasteiger partial charge in [-0.25, -0.2) is 0 Å². The summed E-state index contributed by atoms with van der Waals surface area (Å²) in [6, 6.07) is 23.4. The molecular formula is C30H35BrN2O2. The van der Waals surface area contributed by atoms with Crippen LogP contribution in [-0.2, 0) is 29.0 Å². The monoisotopic (exact) mass is 534 g/mol. The molecule has 35 heavy (non-hydrogen) atoms. The van der Waals surface area contributed by atoms with Gasteiger partial charge in [-0.05, 0) is 60.2 Å². The Hall–Kier alpha value is -2.92. The summed E-state index contributed by atoms with van der Waals surface area (Å²) in [5, 5.41) is 3.07. The third-order valence-electron chi connectivity index (χ3n) is 6.27. The number of carbonyl (C=O) groups excluding carboxylic acids is 2. The van der Waals surface area contributed by atoms with E-state index < -0.39 is 6.04 Å². The van der Waals surface area contributed by atoms with Crippen molar-refractivity contribution in [1.29, 1.82) is 0 Å². The third-order valence-corrected chi connectivity index (χ3v) is 6.76. The average Bonchev–Trinajstić information content (AvgIpc) is 2.84. The van der Waals surface area contributed by atoms with E-state index in [1.807, 2.05) is 60.7 Å². The van der Waals surface area contributed by atoms with E-state index in [4.69, 9.17) is 0 Å². The Morgan fingerprint density at radius 1 is 0.886 bits per heavy atom. The zero-order chi connectivity index (χ0) is 25.2. The highest BCUT2D eigenvalue weighted by molar-refractivity contribution is 9.10. The van der Waals surface area contributed by atoms with Crippen LogP contribution in [0.3, 0.4) is 0 Å². The number of aryl methyl sites for hydroxylation is 2. The summed E-state index contributed by atoms with van der Waals surface area (Å²) in [7, 11) is 0. The van der Waals surface area contributed by atoms with Crippen LogP contribution in [0.15, 0.2) is 77.3 Å². The minimum absolute atomic E-state index is 0.0557. The lowest BCUT2D eigenvalue weighted by Gasteiger charge is -2.32. The number of rotatable bonds is 11. The minimum Gasteiger partial charge on any atom is -0.354 e. The van der Waals surface area contributed by atoms with Gasteiger partial charge in [0, 0.05) is 24.0 Å². The van der Waals surface area contributed by atoms with Gasteiger partial charge >= 0.3 is 0 Å². The Labute approximate surface area is 217 Å². The van der Waals surface area contributed by atoms with Crippen molar-refractivity contribution >= 4 is 27.7 Å². The van der Waals surface area contributed by atoms with E-state index in [2.05, 4.69) is 54.2 Å². The van der Waals surface area contributed by atoms with Gasteiger partial charge in [-0.3, -0.25) is 9.59 Å². The predicted molar refractivity (Wildman–Crippen MR) is 146 cm³/mol. The first kappa shape index (κ1) is 26.7. The van der Waals surface area contributed by atoms with Crippen LogP contribution in [0.1, 0.15) is 47.6 Å². The molecule has 0 bridgehead atoms. The first-order valence-corrected chi connectivity index (χ1v) is 13.1. The predicted octanol–water partition coefficient (Wildman–Crippen LogP) is 6.16. The maximum atomic E-state index is 13.8. The van der Waals surface area contributed by atoms with Gasteiger partial charge in [0.2, 0.25) is 11.8 Å². The highest BCUT2D eigenvalue weighted by Crippen LogP contribution is 2.20. The molecule has 3 aromatic carbocycles. The molecule has 5 heteroatoms. The average molecular weight is 536 g/mol. The van der Waals surface area contributed by atoms with Crippen molar-refractivity contribution in [2.45, 2.75) is 59.0 Å². The number of amides is 2. The van der Waals surface area contributed by atoms with Crippen molar-refractivity contribution < 1.29 is 9.59 Å². The quantitative estimate of drug-likeness (QED) is 0.299. The molecule has 184 valence electrons. The molecule has 2 amide bonds. The molecule has 3 rings (SSSR count). The zero-order valence-electron chi connectivity index (χ0n) is 20.9. The summed E-state index contributed by atoms with van der Waals surface area (Å²) in [5.74, 6) is -0.162. The Bertz CT molecular complexity index is 1130. The summed E-state index contributed by atoms with van der Waals surface area (Å²) in [5.41, 5.74) is 5.33. The highest BCUT2D eigenvalue weighted by atomic mass is 79.9. The number of nitrogens with zero attached hydrogens (tertiary/aromatic N) is 1. The lowest BCUT2D eigenvalue weighted by Crippen LogP contribution is -2.51. The molecule has 0 radical (unpaired) electrons. The lowest BCUT2D eigenvalue weighted by molar-refractivity contribution is -0.140. The molecule has 0 aromatic heterocycles. The number of unbranched alkanes of at least 4 members (excludes halogenated alkanes) is 1. The van der Waals surface area contributed by atoms with Gasteiger partial charge in [0.1, 0.15) is 6.04 Å². The molecule has 0 spiro atoms. The second-order valence-corrected chi connectivity index (χ2v) is 10.0. The lowest BCUT2D eigenvalue weighted by atomic mass is 10.00. The molecule has 0 saturated heterocycles. The third kappa shape index (κ3) is 8.07. The highest BCUT2D eigenvalue weighted by Gasteiger charge is 2.30. The Kier molecular flexibility index (Phi) is 10.1. The van der Waals surface area contributed by atoms with E-state index in [1.54, 1.807) is 4.90 Å². The van der Waals surface area contributed by atoms with Crippen molar-refractivity contribution in [2.75, 3.05) is 6.54 Å². The van der Waals surface area contributed by atoms with Crippen LogP contribution in [0.25, 0.3) is 0 Å². The molecule has 0 fully saturated rings. The fourth-order valence-electron chi connectivity index (χ4n) is 4.08. The van der Waals surface area contributed by atoms with Gasteiger partial charge in [-0.2, -0.15) is 0 Å². The van der Waals surface area contributed by atoms with E-state index >= 15 is 0 Å². The molecule has 0 heterocycles. The summed E-state index contributed by atoms with van der Waals surface area (Å²) in [6.07, 6.45) is 2.62. The normalized spacial score (nSPS) is 11.7. The van der Waals surface area contributed by atoms with Crippen molar-refractivity contribution in [1.82, 2.24) is 10.2 Å². The fourth-order valence-corrected chi connectivity index (χ4v) is 4.53. The second-order valence-electron chi connectivity index (χ2n) is 9.10. The second kappa shape index (κ2) is 13.2. The SMILES string of the molecule is CCCCNC(=O)C(Cc1ccccc1)N(Cc1cccc(Br)c1)C(=O)Cc1ccc(C)c(C)c1. The van der Waals surface area contributed by atoms with Crippen LogP contribution in [0, 0.1) is 13.8 Å². The summed E-state index contributed by atoms with van der Waals surface area (Å²) in [6.45, 7) is 7.19. The molecular weight excluding hydrogens is 500 g/mol. The standard InChI is InChI=1S/C30H35BrN2O2/c1-4-5-16-32-30(35)28(19-24-10-7-6-8-11-24)33(21-26-12-9-13-27(31)18-26)29(34)20-25-15-14-22(2)23(3)17-25/h6-15,17-18,28H,4-5,16,19-21H2,1-3H3,(H,32,35). The van der Waals surface area contributed by atoms with Crippen LogP contribution in [0.4, 0.5) is 0 Å². The van der Waals surface area contributed by atoms with E-state index in [9.17, 15) is 9.59 Å². The van der Waals surface area contributed by atoms with E-state index in [0.717, 1.165) is 39.6 Å². The Morgan fingerprint density at radius 2 is 1.63 bits per heavy atom. The summed E-state index contributed by atoms with van der Waals surface area (Å²) >= 11 is 3.54. The Balaban J connectivity index is 1.95. The summed E-state index contributed by atoms with van der Waals surface area (Å²) < 4.78 is 0.948. The molecule has 3 aromatic rings. The van der Waals surface area contributed by atoms with Crippen molar-refractivity contribution in [3.63, 3.8) is 0 Å². The van der Waals surface area contributed by atoms with Crippen LogP contribution < -0.4 is 5.32 Å². The topological polar surface area (TPSA) is 49.4 Å². The van der Waals surface area contributed by atoms with Crippen molar-refractivity contribution in [3.8, 4) is 0 Å². The first-order valence-electron chi connectivity index (χ1n) is 12.3. The fraction of sp³-hybridized carbons (Fsp3) is 0.333. The molecule has 0 saturated carbocycles. The maximum Gasteiger partial charge on any atom is 0.243 e. The number of benzene rings is 3. The van der Waals surface area contributed by atoms with Crippen LogP contribution in [0.5, 0.6) is 0 Å². The summed E-state index contributed by atoms with van der Waals surface area (Å²) in [4.78, 5) is 29.0. The van der Waals surface area contributed by atoms with E-state index in [-0.39, 0.29) is 18.2 Å². The Morgan fingerprint density at radius 3 is 2.31 bits per heavy atom. The maximum absolute atomic E-state index is 13.8. The van der Waals surface area contributed by atoms with Crippen LogP contribution in [0.2, 0.25) is 0 Å². The van der Waals surface area contributed by atoms with Crippen molar-refractivity contribution in [3.05, 3.63) is 105 Å². The smallest absolute Gasteiger partial charge is 0.243 e. The first-order chi connectivity index (χ1) is 16.9. The molecule has 0 aliphatic heterocycles. The largest absolute Gasteiger partial charge is 0.354 e. The number of hydrogen-bond acceptors (Lipinski definition) is 2. The molecule has 4 nitrogen and oxygen atoms in total. The number of nitrogens with one attached hydrogen (secondary N) is 1. The number of hydrogen-bond donors (Lipinski definition) is 1. The molecule has 1 atom stereocenters. The number of halogens is 1. The van der Waals surface area contributed by atoms with Gasteiger partial charge in [0.15, 0.2) is 0 Å². The molecule has 0 aliphatic carbocycles. The number of carbonyl (C=O) groups is 2. The van der Waals surface area contributed by atoms with E-state index in [1.165, 1.54) is 5.56 Å². The minimum atomic E-state index is -0.604. The van der Waals surface area contributed by atoms with Gasteiger partial charge in [-0.1, -0.05) is 89.9 Å².